The van der Waals surface area contributed by atoms with E-state index in [9.17, 15) is 9.59 Å². The van der Waals surface area contributed by atoms with Crippen LogP contribution in [0.15, 0.2) is 6.20 Å². The molecule has 31 heavy (non-hydrogen) atoms. The number of amides is 3. The molecule has 1 aromatic rings. The lowest BCUT2D eigenvalue weighted by Crippen LogP contribution is -2.36. The second-order valence-corrected chi connectivity index (χ2v) is 10.0. The lowest BCUT2D eigenvalue weighted by atomic mass is 10.0. The van der Waals surface area contributed by atoms with Crippen LogP contribution in [0.5, 0.6) is 0 Å². The summed E-state index contributed by atoms with van der Waals surface area (Å²) in [6, 6.07) is 0.471. The zero-order valence-electron chi connectivity index (χ0n) is 18.8. The van der Waals surface area contributed by atoms with Crippen LogP contribution in [0.2, 0.25) is 0 Å². The Morgan fingerprint density at radius 2 is 1.97 bits per heavy atom. The van der Waals surface area contributed by atoms with Crippen molar-refractivity contribution in [2.45, 2.75) is 108 Å². The van der Waals surface area contributed by atoms with Gasteiger partial charge in [0.1, 0.15) is 5.69 Å². The molecule has 0 radical (unpaired) electrons. The van der Waals surface area contributed by atoms with Crippen LogP contribution in [0.25, 0.3) is 0 Å². The van der Waals surface area contributed by atoms with Crippen molar-refractivity contribution in [3.8, 4) is 0 Å². The summed E-state index contributed by atoms with van der Waals surface area (Å²) >= 11 is 1.92. The van der Waals surface area contributed by atoms with Gasteiger partial charge >= 0.3 is 6.03 Å². The maximum absolute atomic E-state index is 12.1. The van der Waals surface area contributed by atoms with Crippen molar-refractivity contribution in [2.24, 2.45) is 0 Å². The van der Waals surface area contributed by atoms with E-state index in [0.29, 0.717) is 18.2 Å². The molecule has 3 heterocycles. The number of rotatable bonds is 15. The quantitative estimate of drug-likeness (QED) is 0.281. The predicted molar refractivity (Wildman–Crippen MR) is 124 cm³/mol. The summed E-state index contributed by atoms with van der Waals surface area (Å²) < 4.78 is 1.89. The van der Waals surface area contributed by atoms with Gasteiger partial charge in [0.2, 0.25) is 5.91 Å². The number of nitrogens with one attached hydrogen (secondary N) is 3. The molecule has 0 bridgehead atoms. The summed E-state index contributed by atoms with van der Waals surface area (Å²) in [7, 11) is 0. The molecule has 2 aliphatic heterocycles. The molecule has 3 N–H and O–H groups in total. The highest BCUT2D eigenvalue weighted by atomic mass is 32.2. The van der Waals surface area contributed by atoms with Gasteiger partial charge < -0.3 is 16.0 Å². The normalized spacial score (nSPS) is 22.2. The Bertz CT molecular complexity index is 697. The Morgan fingerprint density at radius 1 is 1.16 bits per heavy atom. The Balaban J connectivity index is 1.21. The number of carbonyl (C=O) groups excluding carboxylic acids is 2. The molecule has 3 unspecified atom stereocenters. The summed E-state index contributed by atoms with van der Waals surface area (Å²) in [6.45, 7) is 3.58. The van der Waals surface area contributed by atoms with Crippen LogP contribution in [0.3, 0.4) is 0 Å². The first-order chi connectivity index (χ1) is 15.2. The van der Waals surface area contributed by atoms with Crippen LogP contribution < -0.4 is 16.0 Å². The Hall–Kier alpha value is -1.77. The Kier molecular flexibility index (Phi) is 9.96. The summed E-state index contributed by atoms with van der Waals surface area (Å²) in [5.74, 6) is 1.04. The SMILES string of the molecule is CCCCCCCCCn1cc(CNC(=O)CCCCC2SCC3NC(=O)NC32)nn1. The molecule has 1 aromatic heterocycles. The smallest absolute Gasteiger partial charge is 0.315 e. The second kappa shape index (κ2) is 12.9. The molecular formula is C22H38N6O2S. The van der Waals surface area contributed by atoms with E-state index in [-0.39, 0.29) is 24.0 Å². The minimum Gasteiger partial charge on any atom is -0.350 e. The number of fused-ring (bicyclic) bond motifs is 1. The van der Waals surface area contributed by atoms with Crippen LogP contribution in [0.1, 0.15) is 83.2 Å². The number of carbonyl (C=O) groups is 2. The van der Waals surface area contributed by atoms with Gasteiger partial charge in [0.05, 0.1) is 24.8 Å². The highest BCUT2D eigenvalue weighted by Gasteiger charge is 2.42. The highest BCUT2D eigenvalue weighted by molar-refractivity contribution is 8.00. The molecule has 3 atom stereocenters. The van der Waals surface area contributed by atoms with Gasteiger partial charge in [-0.1, -0.05) is 57.1 Å². The standard InChI is InChI=1S/C22H38N6O2S/c1-2-3-4-5-6-7-10-13-28-15-17(26-27-28)14-23-20(29)12-9-8-11-19-21-18(16-31-19)24-22(30)25-21/h15,18-19,21H,2-14,16H2,1H3,(H,23,29)(H2,24,25,30). The van der Waals surface area contributed by atoms with Crippen molar-refractivity contribution >= 4 is 23.7 Å². The van der Waals surface area contributed by atoms with E-state index in [1.807, 2.05) is 22.6 Å². The van der Waals surface area contributed by atoms with Crippen LogP contribution in [0.4, 0.5) is 4.79 Å². The summed E-state index contributed by atoms with van der Waals surface area (Å²) in [4.78, 5) is 23.6. The van der Waals surface area contributed by atoms with E-state index < -0.39 is 0 Å². The molecule has 2 saturated heterocycles. The molecule has 3 amide bonds. The number of urea groups is 1. The van der Waals surface area contributed by atoms with Gasteiger partial charge in [-0.3, -0.25) is 9.48 Å². The number of aromatic nitrogens is 3. The first-order valence-corrected chi connectivity index (χ1v) is 13.0. The van der Waals surface area contributed by atoms with Crippen molar-refractivity contribution < 1.29 is 9.59 Å². The molecule has 0 saturated carbocycles. The lowest BCUT2D eigenvalue weighted by Gasteiger charge is -2.16. The van der Waals surface area contributed by atoms with Gasteiger partial charge in [0.25, 0.3) is 0 Å². The molecule has 9 heteroatoms. The maximum Gasteiger partial charge on any atom is 0.315 e. The summed E-state index contributed by atoms with van der Waals surface area (Å²) in [5.41, 5.74) is 0.814. The lowest BCUT2D eigenvalue weighted by molar-refractivity contribution is -0.121. The molecule has 2 fully saturated rings. The average molecular weight is 451 g/mol. The van der Waals surface area contributed by atoms with Crippen molar-refractivity contribution in [1.29, 1.82) is 0 Å². The van der Waals surface area contributed by atoms with E-state index in [1.54, 1.807) is 0 Å². The van der Waals surface area contributed by atoms with E-state index in [1.165, 1.54) is 38.5 Å². The molecule has 8 nitrogen and oxygen atoms in total. The fourth-order valence-electron chi connectivity index (χ4n) is 4.31. The first kappa shape index (κ1) is 23.9. The Morgan fingerprint density at radius 3 is 2.81 bits per heavy atom. The second-order valence-electron chi connectivity index (χ2n) is 8.74. The number of hydrogen-bond donors (Lipinski definition) is 3. The third kappa shape index (κ3) is 8.01. The monoisotopic (exact) mass is 450 g/mol. The van der Waals surface area contributed by atoms with Gasteiger partial charge in [0, 0.05) is 24.0 Å². The van der Waals surface area contributed by atoms with Gasteiger partial charge in [0.15, 0.2) is 0 Å². The van der Waals surface area contributed by atoms with Crippen molar-refractivity contribution in [3.63, 3.8) is 0 Å². The average Bonchev–Trinajstić information content (AvgIpc) is 3.45. The largest absolute Gasteiger partial charge is 0.350 e. The highest BCUT2D eigenvalue weighted by Crippen LogP contribution is 2.33. The third-order valence-corrected chi connectivity index (χ3v) is 7.63. The third-order valence-electron chi connectivity index (χ3n) is 6.12. The molecule has 0 spiro atoms. The number of hydrogen-bond acceptors (Lipinski definition) is 5. The number of nitrogens with zero attached hydrogens (tertiary/aromatic N) is 3. The van der Waals surface area contributed by atoms with Gasteiger partial charge in [-0.05, 0) is 19.3 Å². The van der Waals surface area contributed by atoms with Crippen LogP contribution in [-0.2, 0) is 17.9 Å². The number of aryl methyl sites for hydroxylation is 1. The number of thioether (sulfide) groups is 1. The first-order valence-electron chi connectivity index (χ1n) is 12.0. The summed E-state index contributed by atoms with van der Waals surface area (Å²) in [6.07, 6.45) is 14.3. The van der Waals surface area contributed by atoms with Gasteiger partial charge in [-0.15, -0.1) is 5.10 Å². The van der Waals surface area contributed by atoms with Crippen LogP contribution in [-0.4, -0.2) is 50.0 Å². The van der Waals surface area contributed by atoms with Crippen LogP contribution in [0, 0.1) is 0 Å². The fraction of sp³-hybridized carbons (Fsp3) is 0.818. The molecule has 3 rings (SSSR count). The van der Waals surface area contributed by atoms with Gasteiger partial charge in [-0.2, -0.15) is 11.8 Å². The molecule has 174 valence electrons. The molecule has 2 aliphatic rings. The van der Waals surface area contributed by atoms with E-state index in [0.717, 1.165) is 43.7 Å². The maximum atomic E-state index is 12.1. The zero-order chi connectivity index (χ0) is 21.9. The predicted octanol–water partition coefficient (Wildman–Crippen LogP) is 3.37. The fourth-order valence-corrected chi connectivity index (χ4v) is 5.85. The van der Waals surface area contributed by atoms with Crippen LogP contribution >= 0.6 is 11.8 Å². The van der Waals surface area contributed by atoms with Gasteiger partial charge in [-0.25, -0.2) is 4.79 Å². The summed E-state index contributed by atoms with van der Waals surface area (Å²) in [5, 5.41) is 17.7. The van der Waals surface area contributed by atoms with Crippen molar-refractivity contribution in [2.75, 3.05) is 5.75 Å². The minimum absolute atomic E-state index is 0.0426. The molecule has 0 aromatic carbocycles. The topological polar surface area (TPSA) is 101 Å². The molecular weight excluding hydrogens is 412 g/mol. The van der Waals surface area contributed by atoms with Crippen molar-refractivity contribution in [3.05, 3.63) is 11.9 Å². The van der Waals surface area contributed by atoms with Crippen molar-refractivity contribution in [1.82, 2.24) is 30.9 Å². The van der Waals surface area contributed by atoms with E-state index in [2.05, 4.69) is 33.2 Å². The Labute approximate surface area is 190 Å². The van der Waals surface area contributed by atoms with E-state index in [4.69, 9.17) is 0 Å². The minimum atomic E-state index is -0.0426. The van der Waals surface area contributed by atoms with E-state index >= 15 is 0 Å². The number of unbranched alkanes of at least 4 members (excludes halogenated alkanes) is 7. The molecule has 0 aliphatic carbocycles. The zero-order valence-corrected chi connectivity index (χ0v) is 19.6.